The van der Waals surface area contributed by atoms with Crippen molar-refractivity contribution in [3.63, 3.8) is 0 Å². The number of piperidine rings is 1. The van der Waals surface area contributed by atoms with Crippen molar-refractivity contribution in [1.82, 2.24) is 4.90 Å². The van der Waals surface area contributed by atoms with Crippen LogP contribution in [0.4, 0.5) is 4.39 Å². The molecule has 1 aromatic rings. The van der Waals surface area contributed by atoms with Crippen LogP contribution in [0.15, 0.2) is 18.2 Å². The van der Waals surface area contributed by atoms with Crippen molar-refractivity contribution in [3.05, 3.63) is 34.6 Å². The minimum absolute atomic E-state index is 0.0450. The van der Waals surface area contributed by atoms with E-state index in [1.54, 1.807) is 4.90 Å². The highest BCUT2D eigenvalue weighted by molar-refractivity contribution is 6.33. The SMILES string of the molecule is O=C(c1ccc(F)cc1Cl)N1CCC2(CC1)CO2. The van der Waals surface area contributed by atoms with Gasteiger partial charge in [-0.05, 0) is 31.0 Å². The molecular formula is C13H13ClFNO2. The second-order valence-electron chi connectivity index (χ2n) is 4.89. The molecule has 2 aliphatic heterocycles. The third kappa shape index (κ3) is 2.10. The fourth-order valence-electron chi connectivity index (χ4n) is 2.34. The number of carbonyl (C=O) groups is 1. The van der Waals surface area contributed by atoms with Crippen LogP contribution in [-0.4, -0.2) is 36.1 Å². The van der Waals surface area contributed by atoms with Crippen molar-refractivity contribution in [2.45, 2.75) is 18.4 Å². The smallest absolute Gasteiger partial charge is 0.255 e. The lowest BCUT2D eigenvalue weighted by molar-refractivity contribution is 0.0663. The quantitative estimate of drug-likeness (QED) is 0.734. The van der Waals surface area contributed by atoms with Gasteiger partial charge in [0.15, 0.2) is 0 Å². The van der Waals surface area contributed by atoms with Gasteiger partial charge in [0.25, 0.3) is 5.91 Å². The molecule has 0 aliphatic carbocycles. The first kappa shape index (κ1) is 11.9. The van der Waals surface area contributed by atoms with Crippen molar-refractivity contribution >= 4 is 17.5 Å². The summed E-state index contributed by atoms with van der Waals surface area (Å²) in [6, 6.07) is 3.87. The van der Waals surface area contributed by atoms with E-state index in [1.165, 1.54) is 18.2 Å². The number of rotatable bonds is 1. The van der Waals surface area contributed by atoms with Crippen LogP contribution in [0.3, 0.4) is 0 Å². The molecule has 0 atom stereocenters. The topological polar surface area (TPSA) is 32.8 Å². The molecule has 3 rings (SSSR count). The minimum Gasteiger partial charge on any atom is -0.369 e. The molecule has 2 fully saturated rings. The van der Waals surface area contributed by atoms with Crippen LogP contribution in [0.1, 0.15) is 23.2 Å². The largest absolute Gasteiger partial charge is 0.369 e. The van der Waals surface area contributed by atoms with E-state index < -0.39 is 5.82 Å². The van der Waals surface area contributed by atoms with Crippen molar-refractivity contribution in [2.24, 2.45) is 0 Å². The Kier molecular flexibility index (Phi) is 2.79. The second-order valence-corrected chi connectivity index (χ2v) is 5.30. The third-order valence-corrected chi connectivity index (χ3v) is 3.99. The first-order valence-electron chi connectivity index (χ1n) is 5.98. The van der Waals surface area contributed by atoms with E-state index in [9.17, 15) is 9.18 Å². The molecule has 0 saturated carbocycles. The molecule has 0 unspecified atom stereocenters. The van der Waals surface area contributed by atoms with Crippen LogP contribution < -0.4 is 0 Å². The molecule has 0 radical (unpaired) electrons. The van der Waals surface area contributed by atoms with E-state index >= 15 is 0 Å². The van der Waals surface area contributed by atoms with E-state index in [-0.39, 0.29) is 16.5 Å². The summed E-state index contributed by atoms with van der Waals surface area (Å²) in [5.74, 6) is -0.559. The maximum Gasteiger partial charge on any atom is 0.255 e. The average Bonchev–Trinajstić information content (AvgIpc) is 3.09. The average molecular weight is 270 g/mol. The van der Waals surface area contributed by atoms with Crippen LogP contribution in [0, 0.1) is 5.82 Å². The van der Waals surface area contributed by atoms with E-state index in [4.69, 9.17) is 16.3 Å². The Morgan fingerprint density at radius 1 is 1.39 bits per heavy atom. The lowest BCUT2D eigenvalue weighted by Crippen LogP contribution is -2.41. The number of benzene rings is 1. The first-order chi connectivity index (χ1) is 8.60. The highest BCUT2D eigenvalue weighted by Gasteiger charge is 2.47. The van der Waals surface area contributed by atoms with Gasteiger partial charge in [0.2, 0.25) is 0 Å². The standard InChI is InChI=1S/C13H13ClFNO2/c14-11-7-9(15)1-2-10(11)12(17)16-5-3-13(4-6-16)8-18-13/h1-2,7H,3-6,8H2. The zero-order valence-electron chi connectivity index (χ0n) is 9.79. The van der Waals surface area contributed by atoms with Gasteiger partial charge in [-0.3, -0.25) is 4.79 Å². The van der Waals surface area contributed by atoms with Gasteiger partial charge in [-0.2, -0.15) is 0 Å². The van der Waals surface area contributed by atoms with E-state index in [0.717, 1.165) is 19.4 Å². The van der Waals surface area contributed by atoms with Crippen LogP contribution in [0.25, 0.3) is 0 Å². The molecule has 2 aliphatic rings. The lowest BCUT2D eigenvalue weighted by Gasteiger charge is -2.30. The molecule has 1 amide bonds. The highest BCUT2D eigenvalue weighted by Crippen LogP contribution is 2.38. The van der Waals surface area contributed by atoms with Gasteiger partial charge < -0.3 is 9.64 Å². The molecule has 0 N–H and O–H groups in total. The zero-order chi connectivity index (χ0) is 12.8. The fraction of sp³-hybridized carbons (Fsp3) is 0.462. The Hall–Kier alpha value is -1.13. The number of nitrogens with zero attached hydrogens (tertiary/aromatic N) is 1. The lowest BCUT2D eigenvalue weighted by atomic mass is 9.97. The maximum atomic E-state index is 12.9. The number of ether oxygens (including phenoxy) is 1. The Balaban J connectivity index is 1.74. The maximum absolute atomic E-state index is 12.9. The summed E-state index contributed by atoms with van der Waals surface area (Å²) in [5, 5.41) is 0.169. The third-order valence-electron chi connectivity index (χ3n) is 3.68. The van der Waals surface area contributed by atoms with Crippen LogP contribution in [-0.2, 0) is 4.74 Å². The minimum atomic E-state index is -0.430. The first-order valence-corrected chi connectivity index (χ1v) is 6.36. The van der Waals surface area contributed by atoms with Gasteiger partial charge in [-0.25, -0.2) is 4.39 Å². The van der Waals surface area contributed by atoms with Crippen molar-refractivity contribution in [2.75, 3.05) is 19.7 Å². The highest BCUT2D eigenvalue weighted by atomic mass is 35.5. The van der Waals surface area contributed by atoms with Crippen molar-refractivity contribution in [3.8, 4) is 0 Å². The molecule has 1 spiro atoms. The van der Waals surface area contributed by atoms with Crippen LogP contribution in [0.2, 0.25) is 5.02 Å². The van der Waals surface area contributed by atoms with Gasteiger partial charge in [0.05, 0.1) is 22.8 Å². The predicted octanol–water partition coefficient (Wildman–Crippen LogP) is 2.48. The number of hydrogen-bond donors (Lipinski definition) is 0. The van der Waals surface area contributed by atoms with Crippen LogP contribution in [0.5, 0.6) is 0 Å². The van der Waals surface area contributed by atoms with Crippen molar-refractivity contribution in [1.29, 1.82) is 0 Å². The fourth-order valence-corrected chi connectivity index (χ4v) is 2.59. The number of carbonyl (C=O) groups excluding carboxylic acids is 1. The summed E-state index contributed by atoms with van der Waals surface area (Å²) in [6.45, 7) is 2.16. The van der Waals surface area contributed by atoms with Gasteiger partial charge in [0.1, 0.15) is 5.82 Å². The molecule has 2 saturated heterocycles. The van der Waals surface area contributed by atoms with Gasteiger partial charge in [0, 0.05) is 13.1 Å². The van der Waals surface area contributed by atoms with Gasteiger partial charge >= 0.3 is 0 Å². The van der Waals surface area contributed by atoms with Crippen molar-refractivity contribution < 1.29 is 13.9 Å². The molecule has 2 heterocycles. The Morgan fingerprint density at radius 3 is 2.61 bits per heavy atom. The molecule has 0 bridgehead atoms. The molecule has 1 aromatic carbocycles. The summed E-state index contributed by atoms with van der Waals surface area (Å²) in [4.78, 5) is 14.0. The van der Waals surface area contributed by atoms with E-state index in [1.807, 2.05) is 0 Å². The number of amides is 1. The summed E-state index contributed by atoms with van der Waals surface area (Å²) in [5.41, 5.74) is 0.411. The summed E-state index contributed by atoms with van der Waals surface area (Å²) >= 11 is 5.90. The van der Waals surface area contributed by atoms with Gasteiger partial charge in [-0.15, -0.1) is 0 Å². The molecule has 5 heteroatoms. The number of epoxide rings is 1. The second kappa shape index (κ2) is 4.21. The van der Waals surface area contributed by atoms with Crippen LogP contribution >= 0.6 is 11.6 Å². The Bertz CT molecular complexity index is 492. The van der Waals surface area contributed by atoms with E-state index in [0.29, 0.717) is 18.7 Å². The summed E-state index contributed by atoms with van der Waals surface area (Å²) in [7, 11) is 0. The van der Waals surface area contributed by atoms with Gasteiger partial charge in [-0.1, -0.05) is 11.6 Å². The predicted molar refractivity (Wildman–Crippen MR) is 65.2 cm³/mol. The number of halogens is 2. The molecule has 96 valence electrons. The monoisotopic (exact) mass is 269 g/mol. The Morgan fingerprint density at radius 2 is 2.06 bits per heavy atom. The number of likely N-dealkylation sites (tertiary alicyclic amines) is 1. The molecular weight excluding hydrogens is 257 g/mol. The normalized spacial score (nSPS) is 21.1. The molecule has 3 nitrogen and oxygen atoms in total. The Labute approximate surface area is 109 Å². The zero-order valence-corrected chi connectivity index (χ0v) is 10.5. The van der Waals surface area contributed by atoms with E-state index in [2.05, 4.69) is 0 Å². The summed E-state index contributed by atoms with van der Waals surface area (Å²) in [6.07, 6.45) is 1.75. The summed E-state index contributed by atoms with van der Waals surface area (Å²) < 4.78 is 18.3. The number of hydrogen-bond acceptors (Lipinski definition) is 2. The molecule has 0 aromatic heterocycles. The molecule has 18 heavy (non-hydrogen) atoms.